The van der Waals surface area contributed by atoms with E-state index in [0.717, 1.165) is 0 Å². The van der Waals surface area contributed by atoms with E-state index in [0.29, 0.717) is 11.3 Å². The van der Waals surface area contributed by atoms with E-state index in [9.17, 15) is 9.59 Å². The molecule has 0 heterocycles. The van der Waals surface area contributed by atoms with Crippen LogP contribution in [0.4, 0.5) is 0 Å². The van der Waals surface area contributed by atoms with Crippen LogP contribution in [0.1, 0.15) is 30.6 Å². The van der Waals surface area contributed by atoms with Crippen molar-refractivity contribution in [1.29, 1.82) is 0 Å². The molecule has 0 unspecified atom stereocenters. The molecule has 86 valence electrons. The second-order valence-corrected chi connectivity index (χ2v) is 3.61. The molecule has 0 radical (unpaired) electrons. The maximum absolute atomic E-state index is 11.0. The molecule has 0 amide bonds. The minimum absolute atomic E-state index is 0.00913. The van der Waals surface area contributed by atoms with Crippen molar-refractivity contribution in [3.05, 3.63) is 29.8 Å². The van der Waals surface area contributed by atoms with Gasteiger partial charge in [0.1, 0.15) is 11.9 Å². The van der Waals surface area contributed by atoms with Crippen LogP contribution in [0.2, 0.25) is 0 Å². The van der Waals surface area contributed by atoms with Crippen molar-refractivity contribution >= 4 is 11.8 Å². The molecule has 0 aromatic heterocycles. The zero-order valence-corrected chi connectivity index (χ0v) is 9.27. The van der Waals surface area contributed by atoms with Gasteiger partial charge in [0.2, 0.25) is 0 Å². The molecule has 0 aliphatic rings. The Hall–Kier alpha value is -1.84. The number of carboxylic acid groups (broad SMARTS) is 1. The molecule has 0 saturated heterocycles. The summed E-state index contributed by atoms with van der Waals surface area (Å²) in [6.45, 7) is 3.18. The number of hydrogen-bond donors (Lipinski definition) is 1. The van der Waals surface area contributed by atoms with Gasteiger partial charge < -0.3 is 9.84 Å². The summed E-state index contributed by atoms with van der Waals surface area (Å²) in [5.41, 5.74) is 0.609. The van der Waals surface area contributed by atoms with Crippen molar-refractivity contribution in [2.24, 2.45) is 0 Å². The molecular weight excluding hydrogens is 208 g/mol. The topological polar surface area (TPSA) is 63.6 Å². The SMILES string of the molecule is CC(=O)c1ccc(O[C@H](C)CC(=O)O)cc1. The first-order valence-corrected chi connectivity index (χ1v) is 4.98. The van der Waals surface area contributed by atoms with Crippen LogP contribution in [0.15, 0.2) is 24.3 Å². The number of carboxylic acids is 1. The minimum atomic E-state index is -0.896. The number of rotatable bonds is 5. The fraction of sp³-hybridized carbons (Fsp3) is 0.333. The van der Waals surface area contributed by atoms with E-state index in [1.165, 1.54) is 6.92 Å². The average molecular weight is 222 g/mol. The second-order valence-electron chi connectivity index (χ2n) is 3.61. The summed E-state index contributed by atoms with van der Waals surface area (Å²) in [6, 6.07) is 6.64. The van der Waals surface area contributed by atoms with Gasteiger partial charge in [-0.05, 0) is 38.1 Å². The van der Waals surface area contributed by atoms with Crippen LogP contribution in [0.5, 0.6) is 5.75 Å². The molecule has 1 rings (SSSR count). The smallest absolute Gasteiger partial charge is 0.307 e. The number of Topliss-reactive ketones (excluding diaryl/α,β-unsaturated/α-hetero) is 1. The molecular formula is C12H14O4. The Labute approximate surface area is 93.9 Å². The third-order valence-corrected chi connectivity index (χ3v) is 2.06. The van der Waals surface area contributed by atoms with Crippen molar-refractivity contribution in [2.75, 3.05) is 0 Å². The van der Waals surface area contributed by atoms with Gasteiger partial charge in [-0.3, -0.25) is 9.59 Å². The Morgan fingerprint density at radius 3 is 2.31 bits per heavy atom. The van der Waals surface area contributed by atoms with E-state index in [1.807, 2.05) is 0 Å². The molecule has 0 aliphatic heterocycles. The lowest BCUT2D eigenvalue weighted by Crippen LogP contribution is -2.16. The number of hydrogen-bond acceptors (Lipinski definition) is 3. The second kappa shape index (κ2) is 5.30. The Kier molecular flexibility index (Phi) is 4.05. The standard InChI is InChI=1S/C12H14O4/c1-8(7-12(14)15)16-11-5-3-10(4-6-11)9(2)13/h3-6,8H,7H2,1-2H3,(H,14,15)/t8-/m1/s1. The Bertz CT molecular complexity index is 381. The van der Waals surface area contributed by atoms with Gasteiger partial charge in [-0.2, -0.15) is 0 Å². The first kappa shape index (κ1) is 12.2. The summed E-state index contributed by atoms with van der Waals surface area (Å²) in [5, 5.41) is 8.55. The van der Waals surface area contributed by atoms with Crippen molar-refractivity contribution < 1.29 is 19.4 Å². The minimum Gasteiger partial charge on any atom is -0.490 e. The van der Waals surface area contributed by atoms with Gasteiger partial charge in [0.25, 0.3) is 0 Å². The highest BCUT2D eigenvalue weighted by molar-refractivity contribution is 5.94. The third-order valence-electron chi connectivity index (χ3n) is 2.06. The van der Waals surface area contributed by atoms with Crippen LogP contribution in [-0.2, 0) is 4.79 Å². The summed E-state index contributed by atoms with van der Waals surface area (Å²) in [6.07, 6.45) is -0.435. The summed E-state index contributed by atoms with van der Waals surface area (Å²) >= 11 is 0. The Morgan fingerprint density at radius 2 is 1.88 bits per heavy atom. The van der Waals surface area contributed by atoms with Crippen LogP contribution in [-0.4, -0.2) is 23.0 Å². The van der Waals surface area contributed by atoms with Crippen molar-refractivity contribution in [3.63, 3.8) is 0 Å². The normalized spacial score (nSPS) is 11.9. The van der Waals surface area contributed by atoms with Gasteiger partial charge >= 0.3 is 5.97 Å². The summed E-state index contributed by atoms with van der Waals surface area (Å²) in [4.78, 5) is 21.4. The van der Waals surface area contributed by atoms with Crippen molar-refractivity contribution in [2.45, 2.75) is 26.4 Å². The maximum Gasteiger partial charge on any atom is 0.307 e. The molecule has 4 heteroatoms. The maximum atomic E-state index is 11.0. The number of aliphatic carboxylic acids is 1. The van der Waals surface area contributed by atoms with Crippen LogP contribution < -0.4 is 4.74 Å². The lowest BCUT2D eigenvalue weighted by Gasteiger charge is -2.12. The van der Waals surface area contributed by atoms with Gasteiger partial charge in [-0.25, -0.2) is 0 Å². The molecule has 0 saturated carbocycles. The van der Waals surface area contributed by atoms with Gasteiger partial charge in [-0.1, -0.05) is 0 Å². The molecule has 1 aromatic rings. The third kappa shape index (κ3) is 3.73. The Morgan fingerprint density at radius 1 is 1.31 bits per heavy atom. The number of benzene rings is 1. The van der Waals surface area contributed by atoms with Crippen LogP contribution in [0.3, 0.4) is 0 Å². The van der Waals surface area contributed by atoms with Crippen LogP contribution in [0, 0.1) is 0 Å². The predicted octanol–water partition coefficient (Wildman–Crippen LogP) is 2.13. The van der Waals surface area contributed by atoms with E-state index in [4.69, 9.17) is 9.84 Å². The average Bonchev–Trinajstić information content (AvgIpc) is 2.16. The summed E-state index contributed by atoms with van der Waals surface area (Å²) in [5.74, 6) is -0.336. The highest BCUT2D eigenvalue weighted by atomic mass is 16.5. The fourth-order valence-corrected chi connectivity index (χ4v) is 1.29. The van der Waals surface area contributed by atoms with Crippen LogP contribution >= 0.6 is 0 Å². The summed E-state index contributed by atoms with van der Waals surface area (Å²) in [7, 11) is 0. The number of carbonyl (C=O) groups excluding carboxylic acids is 1. The number of ketones is 1. The lowest BCUT2D eigenvalue weighted by atomic mass is 10.1. The highest BCUT2D eigenvalue weighted by Crippen LogP contribution is 2.15. The van der Waals surface area contributed by atoms with Gasteiger partial charge in [-0.15, -0.1) is 0 Å². The fourth-order valence-electron chi connectivity index (χ4n) is 1.29. The zero-order chi connectivity index (χ0) is 12.1. The van der Waals surface area contributed by atoms with E-state index in [-0.39, 0.29) is 18.3 Å². The van der Waals surface area contributed by atoms with Gasteiger partial charge in [0.15, 0.2) is 5.78 Å². The van der Waals surface area contributed by atoms with E-state index in [2.05, 4.69) is 0 Å². The largest absolute Gasteiger partial charge is 0.490 e. The molecule has 1 aromatic carbocycles. The van der Waals surface area contributed by atoms with E-state index < -0.39 is 5.97 Å². The molecule has 0 fully saturated rings. The number of carbonyl (C=O) groups is 2. The van der Waals surface area contributed by atoms with Crippen molar-refractivity contribution in [1.82, 2.24) is 0 Å². The molecule has 16 heavy (non-hydrogen) atoms. The molecule has 0 aliphatic carbocycles. The van der Waals surface area contributed by atoms with E-state index in [1.54, 1.807) is 31.2 Å². The molecule has 0 bridgehead atoms. The van der Waals surface area contributed by atoms with E-state index >= 15 is 0 Å². The van der Waals surface area contributed by atoms with Gasteiger partial charge in [0.05, 0.1) is 6.42 Å². The molecule has 0 spiro atoms. The van der Waals surface area contributed by atoms with Crippen LogP contribution in [0.25, 0.3) is 0 Å². The quantitative estimate of drug-likeness (QED) is 0.775. The Balaban J connectivity index is 2.61. The first-order chi connectivity index (χ1) is 7.49. The monoisotopic (exact) mass is 222 g/mol. The summed E-state index contributed by atoms with van der Waals surface area (Å²) < 4.78 is 5.37. The molecule has 1 atom stereocenters. The molecule has 1 N–H and O–H groups in total. The zero-order valence-electron chi connectivity index (χ0n) is 9.27. The first-order valence-electron chi connectivity index (χ1n) is 4.98. The van der Waals surface area contributed by atoms with Gasteiger partial charge in [0, 0.05) is 5.56 Å². The predicted molar refractivity (Wildman–Crippen MR) is 58.8 cm³/mol. The van der Waals surface area contributed by atoms with Crippen molar-refractivity contribution in [3.8, 4) is 5.75 Å². The highest BCUT2D eigenvalue weighted by Gasteiger charge is 2.09. The molecule has 4 nitrogen and oxygen atoms in total. The lowest BCUT2D eigenvalue weighted by molar-refractivity contribution is -0.138. The number of ether oxygens (including phenoxy) is 1.